The zero-order valence-corrected chi connectivity index (χ0v) is 9.61. The summed E-state index contributed by atoms with van der Waals surface area (Å²) < 4.78 is 10.3. The van der Waals surface area contributed by atoms with Crippen molar-refractivity contribution in [2.75, 3.05) is 0 Å². The summed E-state index contributed by atoms with van der Waals surface area (Å²) in [5, 5.41) is 6.28. The predicted molar refractivity (Wildman–Crippen MR) is 70.4 cm³/mol. The number of nitrogens with one attached hydrogen (secondary N) is 1. The summed E-state index contributed by atoms with van der Waals surface area (Å²) in [6.45, 7) is 0. The summed E-state index contributed by atoms with van der Waals surface area (Å²) in [6, 6.07) is 4.96. The first-order chi connectivity index (χ1) is 9.34. The van der Waals surface area contributed by atoms with Crippen LogP contribution in [0.1, 0.15) is 10.5 Å². The van der Waals surface area contributed by atoms with Gasteiger partial charge in [-0.1, -0.05) is 0 Å². The van der Waals surface area contributed by atoms with Crippen molar-refractivity contribution in [2.24, 2.45) is 0 Å². The molecule has 0 bridgehead atoms. The van der Waals surface area contributed by atoms with Crippen molar-refractivity contribution in [3.63, 3.8) is 0 Å². The van der Waals surface area contributed by atoms with Gasteiger partial charge < -0.3 is 9.15 Å². The Labute approximate surface area is 125 Å². The molecule has 0 fully saturated rings. The number of hydrogen-bond acceptors (Lipinski definition) is 6. The third-order valence-corrected chi connectivity index (χ3v) is 2.38. The molecule has 20 heavy (non-hydrogen) atoms. The fraction of sp³-hybridized carbons (Fsp3) is 0. The average molecular weight is 264 g/mol. The number of carbonyl (C=O) groups is 1. The summed E-state index contributed by atoms with van der Waals surface area (Å²) >= 11 is 0. The zero-order chi connectivity index (χ0) is 13.1. The van der Waals surface area contributed by atoms with Gasteiger partial charge in [0.25, 0.3) is 0 Å². The Hall–Kier alpha value is -2.36. The quantitative estimate of drug-likeness (QED) is 0.561. The van der Waals surface area contributed by atoms with E-state index in [9.17, 15) is 4.79 Å². The van der Waals surface area contributed by atoms with Gasteiger partial charge in [0.15, 0.2) is 17.8 Å². The maximum absolute atomic E-state index is 12.0. The van der Waals surface area contributed by atoms with Crippen molar-refractivity contribution in [3.05, 3.63) is 48.9 Å². The van der Waals surface area contributed by atoms with E-state index in [0.29, 0.717) is 11.3 Å². The molecule has 0 amide bonds. The molecule has 0 radical (unpaired) electrons. The average Bonchev–Trinajstić information content (AvgIpc) is 3.10. The molecule has 0 unspecified atom stereocenters. The number of aromatic amines is 1. The summed E-state index contributed by atoms with van der Waals surface area (Å²) in [4.78, 5) is 19.7. The summed E-state index contributed by atoms with van der Waals surface area (Å²) in [6.07, 6.45) is 5.94. The molecular weight excluding hydrogens is 255 g/mol. The van der Waals surface area contributed by atoms with Crippen molar-refractivity contribution < 1.29 is 13.9 Å². The first kappa shape index (κ1) is 14.1. The predicted octanol–water partition coefficient (Wildman–Crippen LogP) is 1.03. The van der Waals surface area contributed by atoms with Crippen molar-refractivity contribution in [2.45, 2.75) is 0 Å². The van der Waals surface area contributed by atoms with Gasteiger partial charge in [-0.3, -0.25) is 10.1 Å². The number of esters is 1. The molecule has 0 aliphatic rings. The molecule has 3 rings (SSSR count). The fourth-order valence-corrected chi connectivity index (χ4v) is 1.55. The van der Waals surface area contributed by atoms with Crippen molar-refractivity contribution in [3.8, 4) is 17.2 Å². The Morgan fingerprint density at radius 1 is 1.25 bits per heavy atom. The van der Waals surface area contributed by atoms with Crippen molar-refractivity contribution in [1.82, 2.24) is 20.2 Å². The number of pyridine rings is 1. The van der Waals surface area contributed by atoms with E-state index in [1.165, 1.54) is 12.5 Å². The van der Waals surface area contributed by atoms with Crippen LogP contribution in [0.2, 0.25) is 0 Å². The van der Waals surface area contributed by atoms with Crippen LogP contribution in [-0.2, 0) is 0 Å². The first-order valence-electron chi connectivity index (χ1n) is 5.40. The molecule has 7 nitrogen and oxygen atoms in total. The van der Waals surface area contributed by atoms with Crippen LogP contribution in [0, 0.1) is 0 Å². The van der Waals surface area contributed by atoms with Gasteiger partial charge >= 0.3 is 24.8 Å². The zero-order valence-electron chi connectivity index (χ0n) is 9.61. The number of hydrogen-bond donors (Lipinski definition) is 1. The van der Waals surface area contributed by atoms with Gasteiger partial charge in [-0.05, 0) is 12.1 Å². The molecule has 8 heteroatoms. The number of oxazole rings is 1. The normalized spacial score (nSPS) is 9.80. The second-order valence-corrected chi connectivity index (χ2v) is 3.57. The van der Waals surface area contributed by atoms with Gasteiger partial charge in [-0.2, -0.15) is 0 Å². The van der Waals surface area contributed by atoms with E-state index in [1.807, 2.05) is 0 Å². The number of nitrogens with zero attached hydrogens (tertiary/aromatic N) is 3. The molecule has 1 N–H and O–H groups in total. The Morgan fingerprint density at radius 2 is 2.05 bits per heavy atom. The molecule has 3 heterocycles. The van der Waals surface area contributed by atoms with Gasteiger partial charge in [0.1, 0.15) is 0 Å². The Morgan fingerprint density at radius 3 is 2.75 bits per heavy atom. The summed E-state index contributed by atoms with van der Waals surface area (Å²) in [5.74, 6) is -0.121. The molecule has 96 valence electrons. The maximum atomic E-state index is 12.0. The van der Waals surface area contributed by atoms with Crippen LogP contribution in [0.3, 0.4) is 0 Å². The molecule has 0 aromatic carbocycles. The third-order valence-electron chi connectivity index (χ3n) is 2.38. The monoisotopic (exact) mass is 264 g/mol. The van der Waals surface area contributed by atoms with E-state index in [1.54, 1.807) is 30.7 Å². The molecule has 3 aromatic heterocycles. The first-order valence-corrected chi connectivity index (χ1v) is 5.40. The van der Waals surface area contributed by atoms with Crippen LogP contribution in [0.25, 0.3) is 11.3 Å². The minimum absolute atomic E-state index is 0. The Kier molecular flexibility index (Phi) is 4.35. The van der Waals surface area contributed by atoms with Crippen LogP contribution < -0.4 is 4.74 Å². The molecule has 0 saturated carbocycles. The minimum atomic E-state index is -0.632. The molecule has 3 aromatic rings. The van der Waals surface area contributed by atoms with Crippen LogP contribution in [-0.4, -0.2) is 45.0 Å². The van der Waals surface area contributed by atoms with E-state index in [4.69, 9.17) is 9.15 Å². The third kappa shape index (κ3) is 2.79. The summed E-state index contributed by atoms with van der Waals surface area (Å²) in [5.41, 5.74) is 0.788. The van der Waals surface area contributed by atoms with E-state index in [-0.39, 0.29) is 30.4 Å². The number of ether oxygens (including phenoxy) is 1. The van der Waals surface area contributed by atoms with Gasteiger partial charge in [-0.15, -0.1) is 5.10 Å². The number of H-pyrrole nitrogens is 1. The fourth-order valence-electron chi connectivity index (χ4n) is 1.55. The topological polar surface area (TPSA) is 93.9 Å². The van der Waals surface area contributed by atoms with E-state index in [0.717, 1.165) is 0 Å². The van der Waals surface area contributed by atoms with Gasteiger partial charge in [0, 0.05) is 30.2 Å². The van der Waals surface area contributed by atoms with Gasteiger partial charge in [0.05, 0.1) is 0 Å². The second kappa shape index (κ2) is 6.19. The van der Waals surface area contributed by atoms with Gasteiger partial charge in [0.2, 0.25) is 5.88 Å². The molecule has 0 aliphatic carbocycles. The van der Waals surface area contributed by atoms with Crippen LogP contribution in [0.4, 0.5) is 0 Å². The van der Waals surface area contributed by atoms with E-state index in [2.05, 4.69) is 20.2 Å². The standard InChI is InChI=1S/C12H8N4O3.Li.H/c17-12(19-9-3-6-15-16-9)10-11(18-7-14-10)8-1-4-13-5-2-8;;/h1-7H,(H,15,16);;. The Bertz CT molecular complexity index is 682. The van der Waals surface area contributed by atoms with E-state index >= 15 is 0 Å². The van der Waals surface area contributed by atoms with Crippen LogP contribution in [0.5, 0.6) is 5.88 Å². The molecule has 0 saturated heterocycles. The van der Waals surface area contributed by atoms with Crippen molar-refractivity contribution in [1.29, 1.82) is 0 Å². The number of carbonyl (C=O) groups excluding carboxylic acids is 1. The molecule has 0 spiro atoms. The van der Waals surface area contributed by atoms with Gasteiger partial charge in [-0.25, -0.2) is 9.78 Å². The molecule has 0 atom stereocenters. The molecular formula is C12H9LiN4O3. The summed E-state index contributed by atoms with van der Waals surface area (Å²) in [7, 11) is 0. The second-order valence-electron chi connectivity index (χ2n) is 3.57. The van der Waals surface area contributed by atoms with Crippen LogP contribution in [0.15, 0.2) is 47.6 Å². The number of rotatable bonds is 3. The SMILES string of the molecule is O=C(Oc1cc[nH]n1)c1ncoc1-c1ccncc1.[LiH]. The van der Waals surface area contributed by atoms with Crippen LogP contribution >= 0.6 is 0 Å². The van der Waals surface area contributed by atoms with E-state index < -0.39 is 5.97 Å². The Balaban J connectivity index is 0.00000147. The van der Waals surface area contributed by atoms with Crippen molar-refractivity contribution >= 4 is 24.8 Å². The number of aromatic nitrogens is 4. The molecule has 0 aliphatic heterocycles.